The Kier molecular flexibility index (Phi) is 5.82. The van der Waals surface area contributed by atoms with E-state index in [4.69, 9.17) is 0 Å². The van der Waals surface area contributed by atoms with E-state index in [9.17, 15) is 9.18 Å². The van der Waals surface area contributed by atoms with Crippen LogP contribution < -0.4 is 5.32 Å². The Morgan fingerprint density at radius 2 is 1.82 bits per heavy atom. The molecule has 1 aliphatic rings. The number of aryl methyl sites for hydroxylation is 2. The van der Waals surface area contributed by atoms with E-state index >= 15 is 0 Å². The maximum absolute atomic E-state index is 13.6. The molecule has 4 aromatic rings. The van der Waals surface area contributed by atoms with Gasteiger partial charge in [0.1, 0.15) is 5.82 Å². The van der Waals surface area contributed by atoms with Gasteiger partial charge in [0, 0.05) is 34.7 Å². The summed E-state index contributed by atoms with van der Waals surface area (Å²) in [5, 5.41) is 9.83. The van der Waals surface area contributed by atoms with Crippen molar-refractivity contribution in [3.8, 4) is 16.9 Å². The number of hydrogen-bond acceptors (Lipinski definition) is 2. The van der Waals surface area contributed by atoms with Crippen molar-refractivity contribution in [1.29, 1.82) is 0 Å². The van der Waals surface area contributed by atoms with E-state index in [0.717, 1.165) is 47.5 Å². The van der Waals surface area contributed by atoms with Crippen molar-refractivity contribution >= 4 is 5.91 Å². The molecule has 0 radical (unpaired) electrons. The lowest BCUT2D eigenvalue weighted by Crippen LogP contribution is -2.22. The molecule has 1 aliphatic carbocycles. The molecule has 2 aromatic carbocycles. The van der Waals surface area contributed by atoms with Crippen LogP contribution in [0, 0.1) is 12.7 Å². The minimum absolute atomic E-state index is 0.118. The van der Waals surface area contributed by atoms with Crippen molar-refractivity contribution in [2.24, 2.45) is 0 Å². The molecule has 0 atom stereocenters. The fraction of sp³-hybridized carbons (Fsp3) is 0.259. The van der Waals surface area contributed by atoms with E-state index in [2.05, 4.69) is 26.1 Å². The largest absolute Gasteiger partial charge is 0.348 e. The molecule has 2 N–H and O–H groups in total. The first-order valence-corrected chi connectivity index (χ1v) is 11.5. The predicted molar refractivity (Wildman–Crippen MR) is 127 cm³/mol. The summed E-state index contributed by atoms with van der Waals surface area (Å²) in [6.45, 7) is 2.37. The molecule has 0 saturated carbocycles. The molecule has 1 amide bonds. The third-order valence-corrected chi connectivity index (χ3v) is 6.45. The smallest absolute Gasteiger partial charge is 0.251 e. The van der Waals surface area contributed by atoms with Gasteiger partial charge in [-0.25, -0.2) is 4.39 Å². The minimum atomic E-state index is -0.237. The monoisotopic (exact) mass is 442 g/mol. The van der Waals surface area contributed by atoms with E-state index in [0.29, 0.717) is 12.1 Å². The van der Waals surface area contributed by atoms with Gasteiger partial charge in [-0.2, -0.15) is 5.10 Å². The van der Waals surface area contributed by atoms with Crippen LogP contribution in [0.5, 0.6) is 0 Å². The molecule has 0 spiro atoms. The Labute approximate surface area is 192 Å². The lowest BCUT2D eigenvalue weighted by molar-refractivity contribution is 0.0951. The third-order valence-electron chi connectivity index (χ3n) is 6.45. The maximum atomic E-state index is 13.6. The van der Waals surface area contributed by atoms with Gasteiger partial charge in [0.15, 0.2) is 0 Å². The number of carbonyl (C=O) groups excluding carboxylic acids is 1. The van der Waals surface area contributed by atoms with Gasteiger partial charge in [-0.3, -0.25) is 9.89 Å². The van der Waals surface area contributed by atoms with E-state index in [1.165, 1.54) is 36.2 Å². The summed E-state index contributed by atoms with van der Waals surface area (Å²) in [7, 11) is 0. The van der Waals surface area contributed by atoms with Crippen molar-refractivity contribution in [3.63, 3.8) is 0 Å². The van der Waals surface area contributed by atoms with E-state index < -0.39 is 0 Å². The van der Waals surface area contributed by atoms with Crippen LogP contribution in [0.1, 0.15) is 52.1 Å². The van der Waals surface area contributed by atoms with Crippen LogP contribution in [0.2, 0.25) is 0 Å². The van der Waals surface area contributed by atoms with Crippen LogP contribution in [0.25, 0.3) is 16.9 Å². The average Bonchev–Trinajstić information content (AvgIpc) is 3.33. The number of H-pyrrole nitrogens is 1. The molecular formula is C27H27FN4O. The molecule has 0 unspecified atom stereocenters. The number of halogens is 1. The Hall–Kier alpha value is -3.67. The normalized spacial score (nSPS) is 13.4. The molecule has 6 heteroatoms. The quantitative estimate of drug-likeness (QED) is 0.400. The summed E-state index contributed by atoms with van der Waals surface area (Å²) in [6.07, 6.45) is 7.39. The molecule has 2 aromatic heterocycles. The molecule has 33 heavy (non-hydrogen) atoms. The molecule has 5 nitrogen and oxygen atoms in total. The van der Waals surface area contributed by atoms with E-state index in [1.54, 1.807) is 6.20 Å². The Morgan fingerprint density at radius 1 is 1.06 bits per heavy atom. The second-order valence-corrected chi connectivity index (χ2v) is 8.65. The zero-order chi connectivity index (χ0) is 22.8. The van der Waals surface area contributed by atoms with E-state index in [1.807, 2.05) is 43.3 Å². The molecule has 0 saturated heterocycles. The van der Waals surface area contributed by atoms with Crippen LogP contribution in [-0.2, 0) is 19.4 Å². The molecule has 0 fully saturated rings. The Bertz CT molecular complexity index is 1270. The van der Waals surface area contributed by atoms with Crippen molar-refractivity contribution < 1.29 is 9.18 Å². The van der Waals surface area contributed by atoms with Crippen molar-refractivity contribution in [2.45, 2.75) is 45.6 Å². The molecule has 2 heterocycles. The lowest BCUT2D eigenvalue weighted by atomic mass is 10.1. The number of nitrogens with one attached hydrogen (secondary N) is 2. The van der Waals surface area contributed by atoms with Crippen molar-refractivity contribution in [1.82, 2.24) is 20.1 Å². The molecule has 0 aliphatic heterocycles. The molecular weight excluding hydrogens is 415 g/mol. The lowest BCUT2D eigenvalue weighted by Gasteiger charge is -2.15. The first-order valence-electron chi connectivity index (χ1n) is 11.5. The molecule has 0 bridgehead atoms. The standard InChI is InChI=1S/C27H27FN4O/c1-18-22(17-30-31-18)16-29-27(33)20-9-13-24(14-10-20)32-25-6-4-2-3-5-21(25)15-26(32)19-7-11-23(28)12-8-19/h7-15,17H,2-6,16H2,1H3,(H,29,33)(H,30,31). The number of fused-ring (bicyclic) bond motifs is 1. The summed E-state index contributed by atoms with van der Waals surface area (Å²) in [4.78, 5) is 12.7. The maximum Gasteiger partial charge on any atom is 0.251 e. The van der Waals surface area contributed by atoms with Crippen LogP contribution in [-0.4, -0.2) is 20.7 Å². The Morgan fingerprint density at radius 3 is 2.55 bits per heavy atom. The summed E-state index contributed by atoms with van der Waals surface area (Å²) in [6, 6.07) is 16.7. The number of rotatable bonds is 5. The van der Waals surface area contributed by atoms with Gasteiger partial charge in [0.05, 0.1) is 11.9 Å². The van der Waals surface area contributed by atoms with Crippen LogP contribution in [0.3, 0.4) is 0 Å². The predicted octanol–water partition coefficient (Wildman–Crippen LogP) is 5.51. The van der Waals surface area contributed by atoms with Gasteiger partial charge < -0.3 is 9.88 Å². The van der Waals surface area contributed by atoms with Gasteiger partial charge >= 0.3 is 0 Å². The SMILES string of the molecule is Cc1[nH]ncc1CNC(=O)c1ccc(-n2c(-c3ccc(F)cc3)cc3c2CCCCC3)cc1. The number of benzene rings is 2. The summed E-state index contributed by atoms with van der Waals surface area (Å²) >= 11 is 0. The fourth-order valence-electron chi connectivity index (χ4n) is 4.60. The second kappa shape index (κ2) is 9.06. The number of nitrogens with zero attached hydrogens (tertiary/aromatic N) is 2. The Balaban J connectivity index is 1.45. The highest BCUT2D eigenvalue weighted by Gasteiger charge is 2.20. The van der Waals surface area contributed by atoms with E-state index in [-0.39, 0.29) is 11.7 Å². The van der Waals surface area contributed by atoms with Crippen LogP contribution in [0.15, 0.2) is 60.8 Å². The highest BCUT2D eigenvalue weighted by atomic mass is 19.1. The fourth-order valence-corrected chi connectivity index (χ4v) is 4.60. The third kappa shape index (κ3) is 4.33. The van der Waals surface area contributed by atoms with Crippen LogP contribution in [0.4, 0.5) is 4.39 Å². The van der Waals surface area contributed by atoms with Crippen molar-refractivity contribution in [2.75, 3.05) is 0 Å². The summed E-state index contributed by atoms with van der Waals surface area (Å²) in [5.41, 5.74) is 8.28. The van der Waals surface area contributed by atoms with Gasteiger partial charge in [-0.05, 0) is 98.3 Å². The average molecular weight is 443 g/mol. The van der Waals surface area contributed by atoms with Gasteiger partial charge in [-0.15, -0.1) is 0 Å². The molecule has 168 valence electrons. The van der Waals surface area contributed by atoms with Gasteiger partial charge in [0.2, 0.25) is 0 Å². The number of aromatic amines is 1. The molecule has 5 rings (SSSR count). The van der Waals surface area contributed by atoms with Crippen molar-refractivity contribution in [3.05, 3.63) is 94.7 Å². The number of carbonyl (C=O) groups is 1. The van der Waals surface area contributed by atoms with Gasteiger partial charge in [-0.1, -0.05) is 6.42 Å². The minimum Gasteiger partial charge on any atom is -0.348 e. The first-order chi connectivity index (χ1) is 16.1. The van der Waals surface area contributed by atoms with Gasteiger partial charge in [0.25, 0.3) is 5.91 Å². The highest BCUT2D eigenvalue weighted by Crippen LogP contribution is 2.33. The summed E-state index contributed by atoms with van der Waals surface area (Å²) < 4.78 is 15.8. The number of amides is 1. The topological polar surface area (TPSA) is 62.7 Å². The first kappa shape index (κ1) is 21.2. The summed E-state index contributed by atoms with van der Waals surface area (Å²) in [5.74, 6) is -0.355. The number of hydrogen-bond donors (Lipinski definition) is 2. The zero-order valence-corrected chi connectivity index (χ0v) is 18.7. The second-order valence-electron chi connectivity index (χ2n) is 8.65. The number of aromatic nitrogens is 3. The zero-order valence-electron chi connectivity index (χ0n) is 18.7. The highest BCUT2D eigenvalue weighted by molar-refractivity contribution is 5.94. The van der Waals surface area contributed by atoms with Crippen LogP contribution >= 0.6 is 0 Å².